The Hall–Kier alpha value is -2.05. The minimum atomic E-state index is -4.60. The standard InChI is InChI=1S/C20H17ClF3N5OS2/c21-13-5-11-8-25-2-1-10(11)6-14(13)28-19-26-9-12(20(22,23)24)17(29-19)15-7-16-18(31-15)30-4-3-27-32-16/h5-7,9,25,27H,1-4,8H2,(H,26,28,29). The number of alkyl halides is 3. The van der Waals surface area contributed by atoms with Crippen LogP contribution in [0, 0.1) is 0 Å². The third-order valence-electron chi connectivity index (χ3n) is 5.04. The van der Waals surface area contributed by atoms with Crippen molar-refractivity contribution >= 4 is 46.5 Å². The molecule has 2 aliphatic heterocycles. The highest BCUT2D eigenvalue weighted by Crippen LogP contribution is 2.45. The highest BCUT2D eigenvalue weighted by molar-refractivity contribution is 7.97. The highest BCUT2D eigenvalue weighted by atomic mass is 35.5. The molecule has 1 aromatic carbocycles. The topological polar surface area (TPSA) is 71.1 Å². The fourth-order valence-corrected chi connectivity index (χ4v) is 5.67. The number of fused-ring (bicyclic) bond motifs is 2. The average Bonchev–Trinajstić information content (AvgIpc) is 3.04. The zero-order chi connectivity index (χ0) is 22.3. The number of nitrogens with one attached hydrogen (secondary N) is 3. The van der Waals surface area contributed by atoms with Crippen LogP contribution < -0.4 is 20.1 Å². The van der Waals surface area contributed by atoms with E-state index in [0.29, 0.717) is 33.8 Å². The van der Waals surface area contributed by atoms with Crippen molar-refractivity contribution in [3.05, 3.63) is 46.1 Å². The molecule has 168 valence electrons. The number of nitrogens with zero attached hydrogens (tertiary/aromatic N) is 2. The predicted octanol–water partition coefficient (Wildman–Crippen LogP) is 5.26. The molecule has 32 heavy (non-hydrogen) atoms. The van der Waals surface area contributed by atoms with Gasteiger partial charge in [-0.3, -0.25) is 4.72 Å². The molecular weight excluding hydrogens is 483 g/mol. The van der Waals surface area contributed by atoms with Crippen LogP contribution in [-0.2, 0) is 19.1 Å². The molecule has 0 unspecified atom stereocenters. The molecule has 0 bridgehead atoms. The van der Waals surface area contributed by atoms with Gasteiger partial charge in [-0.1, -0.05) is 22.9 Å². The molecule has 0 saturated heterocycles. The maximum Gasteiger partial charge on any atom is 0.420 e. The van der Waals surface area contributed by atoms with E-state index in [1.165, 1.54) is 11.9 Å². The number of benzene rings is 1. The summed E-state index contributed by atoms with van der Waals surface area (Å²) in [5, 5.41) is 7.31. The Morgan fingerprint density at radius 2 is 2.03 bits per heavy atom. The summed E-state index contributed by atoms with van der Waals surface area (Å²) in [6.45, 7) is 2.67. The van der Waals surface area contributed by atoms with Gasteiger partial charge in [0.25, 0.3) is 0 Å². The fourth-order valence-electron chi connectivity index (χ4n) is 3.52. The molecule has 0 amide bonds. The first kappa shape index (κ1) is 21.8. The van der Waals surface area contributed by atoms with Gasteiger partial charge in [-0.25, -0.2) is 9.97 Å². The first-order valence-electron chi connectivity index (χ1n) is 9.78. The smallest absolute Gasteiger partial charge is 0.420 e. The van der Waals surface area contributed by atoms with E-state index in [2.05, 4.69) is 25.3 Å². The van der Waals surface area contributed by atoms with Gasteiger partial charge in [-0.2, -0.15) is 13.2 Å². The quantitative estimate of drug-likeness (QED) is 0.425. The van der Waals surface area contributed by atoms with E-state index in [0.717, 1.165) is 53.1 Å². The summed E-state index contributed by atoms with van der Waals surface area (Å²) < 4.78 is 49.9. The van der Waals surface area contributed by atoms with Crippen molar-refractivity contribution in [1.82, 2.24) is 20.0 Å². The minimum absolute atomic E-state index is 0.0408. The van der Waals surface area contributed by atoms with Gasteiger partial charge in [0.05, 0.1) is 26.2 Å². The van der Waals surface area contributed by atoms with Gasteiger partial charge in [0.1, 0.15) is 12.2 Å². The van der Waals surface area contributed by atoms with Crippen molar-refractivity contribution in [2.75, 3.05) is 25.0 Å². The van der Waals surface area contributed by atoms with Crippen LogP contribution in [0.15, 0.2) is 29.3 Å². The third kappa shape index (κ3) is 4.40. The lowest BCUT2D eigenvalue weighted by Gasteiger charge is -2.19. The Kier molecular flexibility index (Phi) is 5.93. The molecule has 2 aliphatic rings. The molecule has 0 radical (unpaired) electrons. The van der Waals surface area contributed by atoms with Crippen molar-refractivity contribution in [3.8, 4) is 15.6 Å². The molecule has 0 fully saturated rings. The molecule has 3 N–H and O–H groups in total. The van der Waals surface area contributed by atoms with E-state index in [1.807, 2.05) is 12.1 Å². The van der Waals surface area contributed by atoms with Crippen LogP contribution in [-0.4, -0.2) is 29.7 Å². The second kappa shape index (κ2) is 8.71. The number of halogens is 4. The number of hydrogen-bond acceptors (Lipinski definition) is 8. The first-order valence-corrected chi connectivity index (χ1v) is 11.8. The summed E-state index contributed by atoms with van der Waals surface area (Å²) in [7, 11) is 0. The zero-order valence-corrected chi connectivity index (χ0v) is 18.9. The predicted molar refractivity (Wildman–Crippen MR) is 120 cm³/mol. The normalized spacial score (nSPS) is 16.0. The van der Waals surface area contributed by atoms with Gasteiger partial charge in [-0.15, -0.1) is 0 Å². The lowest BCUT2D eigenvalue weighted by Crippen LogP contribution is -2.23. The molecule has 0 spiro atoms. The van der Waals surface area contributed by atoms with Crippen LogP contribution in [0.2, 0.25) is 5.02 Å². The van der Waals surface area contributed by atoms with Crippen molar-refractivity contribution in [3.63, 3.8) is 0 Å². The zero-order valence-electron chi connectivity index (χ0n) is 16.5. The van der Waals surface area contributed by atoms with E-state index in [9.17, 15) is 13.2 Å². The van der Waals surface area contributed by atoms with Gasteiger partial charge in [0.15, 0.2) is 5.06 Å². The fraction of sp³-hybridized carbons (Fsp3) is 0.300. The molecule has 5 rings (SSSR count). The highest BCUT2D eigenvalue weighted by Gasteiger charge is 2.36. The summed E-state index contributed by atoms with van der Waals surface area (Å²) in [6.07, 6.45) is -2.96. The largest absolute Gasteiger partial charge is 0.482 e. The molecule has 2 aromatic heterocycles. The maximum absolute atomic E-state index is 13.7. The van der Waals surface area contributed by atoms with Crippen LogP contribution in [0.1, 0.15) is 16.7 Å². The van der Waals surface area contributed by atoms with Gasteiger partial charge in [0, 0.05) is 19.3 Å². The molecule has 0 saturated carbocycles. The average molecular weight is 500 g/mol. The third-order valence-corrected chi connectivity index (χ3v) is 7.40. The number of anilines is 2. The molecule has 0 atom stereocenters. The van der Waals surface area contributed by atoms with Crippen molar-refractivity contribution in [1.29, 1.82) is 0 Å². The Labute approximate surface area is 195 Å². The number of hydrogen-bond donors (Lipinski definition) is 3. The van der Waals surface area contributed by atoms with Crippen LogP contribution in [0.4, 0.5) is 24.8 Å². The van der Waals surface area contributed by atoms with Crippen molar-refractivity contribution in [2.45, 2.75) is 24.0 Å². The van der Waals surface area contributed by atoms with E-state index in [-0.39, 0.29) is 11.6 Å². The lowest BCUT2D eigenvalue weighted by molar-refractivity contribution is -0.137. The summed E-state index contributed by atoms with van der Waals surface area (Å²) in [4.78, 5) is 9.24. The minimum Gasteiger partial charge on any atom is -0.482 e. The SMILES string of the molecule is FC(F)(F)c1cnc(Nc2cc3c(cc2Cl)CNCC3)nc1-c1cc2c(s1)OCCNS2. The molecule has 3 aromatic rings. The number of rotatable bonds is 3. The Morgan fingerprint density at radius 3 is 2.88 bits per heavy atom. The Balaban J connectivity index is 1.53. The summed E-state index contributed by atoms with van der Waals surface area (Å²) >= 11 is 8.87. The number of thiophene rings is 1. The summed E-state index contributed by atoms with van der Waals surface area (Å²) in [5.74, 6) is 0.0408. The second-order valence-corrected chi connectivity index (χ2v) is 9.57. The summed E-state index contributed by atoms with van der Waals surface area (Å²) in [6, 6.07) is 5.42. The number of aromatic nitrogens is 2. The number of ether oxygens (including phenoxy) is 1. The second-order valence-electron chi connectivity index (χ2n) is 7.21. The van der Waals surface area contributed by atoms with E-state index < -0.39 is 11.7 Å². The van der Waals surface area contributed by atoms with Crippen molar-refractivity contribution in [2.24, 2.45) is 0 Å². The van der Waals surface area contributed by atoms with Gasteiger partial charge < -0.3 is 15.4 Å². The molecular formula is C20H17ClF3N5OS2. The van der Waals surface area contributed by atoms with Gasteiger partial charge >= 0.3 is 6.18 Å². The van der Waals surface area contributed by atoms with Crippen LogP contribution in [0.25, 0.3) is 10.6 Å². The summed E-state index contributed by atoms with van der Waals surface area (Å²) in [5.41, 5.74) is 1.69. The monoisotopic (exact) mass is 499 g/mol. The Morgan fingerprint density at radius 1 is 1.16 bits per heavy atom. The van der Waals surface area contributed by atoms with Gasteiger partial charge in [0.2, 0.25) is 5.95 Å². The molecule has 0 aliphatic carbocycles. The van der Waals surface area contributed by atoms with Crippen LogP contribution in [0.5, 0.6) is 5.06 Å². The molecule has 12 heteroatoms. The molecule has 6 nitrogen and oxygen atoms in total. The van der Waals surface area contributed by atoms with Crippen molar-refractivity contribution < 1.29 is 17.9 Å². The van der Waals surface area contributed by atoms with Crippen LogP contribution in [0.3, 0.4) is 0 Å². The van der Waals surface area contributed by atoms with E-state index in [1.54, 1.807) is 6.07 Å². The van der Waals surface area contributed by atoms with Crippen LogP contribution >= 0.6 is 34.9 Å². The van der Waals surface area contributed by atoms with E-state index >= 15 is 0 Å². The lowest BCUT2D eigenvalue weighted by atomic mass is 10.0. The van der Waals surface area contributed by atoms with E-state index in [4.69, 9.17) is 16.3 Å². The maximum atomic E-state index is 13.7. The Bertz CT molecular complexity index is 1150. The first-order chi connectivity index (χ1) is 15.4. The molecule has 4 heterocycles. The van der Waals surface area contributed by atoms with Gasteiger partial charge in [-0.05, 0) is 54.2 Å².